The Bertz CT molecular complexity index is 548. The molecule has 0 spiro atoms. The monoisotopic (exact) mass is 456 g/mol. The van der Waals surface area contributed by atoms with Crippen LogP contribution in [0, 0.1) is 0 Å². The lowest BCUT2D eigenvalue weighted by Gasteiger charge is -2.22. The average molecular weight is 457 g/mol. The van der Waals surface area contributed by atoms with Crippen molar-refractivity contribution < 1.29 is 39.1 Å². The zero-order valence-corrected chi connectivity index (χ0v) is 21.2. The Kier molecular flexibility index (Phi) is 19.8. The quantitative estimate of drug-likeness (QED) is 0.391. The summed E-state index contributed by atoms with van der Waals surface area (Å²) in [6, 6.07) is 4.61. The molecule has 0 bridgehead atoms. The molecule has 186 valence electrons. The van der Waals surface area contributed by atoms with E-state index in [0.29, 0.717) is 12.5 Å². The number of carboxylic acids is 2. The number of ether oxygens (including phenoxy) is 2. The van der Waals surface area contributed by atoms with Crippen molar-refractivity contribution in [2.75, 3.05) is 39.4 Å². The van der Waals surface area contributed by atoms with Crippen molar-refractivity contribution in [2.45, 2.75) is 67.8 Å². The van der Waals surface area contributed by atoms with E-state index >= 15 is 0 Å². The maximum Gasteiger partial charge on any atom is 0.188 e. The number of aromatic carboxylic acids is 2. The highest BCUT2D eigenvalue weighted by Crippen LogP contribution is 2.01. The zero-order chi connectivity index (χ0) is 25.1. The molecule has 8 heteroatoms. The summed E-state index contributed by atoms with van der Waals surface area (Å²) in [6.07, 6.45) is 0.722. The van der Waals surface area contributed by atoms with Crippen molar-refractivity contribution in [3.05, 3.63) is 35.4 Å². The van der Waals surface area contributed by atoms with Crippen molar-refractivity contribution in [3.8, 4) is 0 Å². The maximum absolute atomic E-state index is 10.2. The second kappa shape index (κ2) is 19.7. The SMILES string of the molecule is CCOC(C)[NH+](CC)CC.CCOC(C)[NH+](CC)CC.O=C([O-])c1ccc(C(=O)[O-])cc1. The van der Waals surface area contributed by atoms with Crippen LogP contribution in [-0.2, 0) is 9.47 Å². The molecule has 0 saturated heterocycles. The number of carboxylic acid groups (broad SMARTS) is 2. The Balaban J connectivity index is 0. The van der Waals surface area contributed by atoms with Crippen LogP contribution in [0.25, 0.3) is 0 Å². The minimum atomic E-state index is -1.33. The van der Waals surface area contributed by atoms with Crippen LogP contribution < -0.4 is 20.0 Å². The summed E-state index contributed by atoms with van der Waals surface area (Å²) in [5, 5.41) is 20.4. The number of carbonyl (C=O) groups is 2. The van der Waals surface area contributed by atoms with Gasteiger partial charge in [-0.3, -0.25) is 0 Å². The van der Waals surface area contributed by atoms with Gasteiger partial charge in [-0.05, 0) is 52.7 Å². The molecule has 1 aromatic carbocycles. The third-order valence-electron chi connectivity index (χ3n) is 5.16. The lowest BCUT2D eigenvalue weighted by Crippen LogP contribution is -3.15. The van der Waals surface area contributed by atoms with Gasteiger partial charge >= 0.3 is 0 Å². The van der Waals surface area contributed by atoms with Gasteiger partial charge in [0, 0.05) is 13.8 Å². The van der Waals surface area contributed by atoms with Crippen LogP contribution in [-0.4, -0.2) is 63.8 Å². The molecule has 0 fully saturated rings. The average Bonchev–Trinajstić information content (AvgIpc) is 2.77. The molecular formula is C24H44N2O6. The van der Waals surface area contributed by atoms with Crippen molar-refractivity contribution in [3.63, 3.8) is 0 Å². The molecule has 2 unspecified atom stereocenters. The van der Waals surface area contributed by atoms with Crippen LogP contribution in [0.4, 0.5) is 0 Å². The number of nitrogens with one attached hydrogen (secondary N) is 2. The van der Waals surface area contributed by atoms with Gasteiger partial charge < -0.3 is 39.1 Å². The largest absolute Gasteiger partial charge is 0.545 e. The summed E-state index contributed by atoms with van der Waals surface area (Å²) in [5.74, 6) is -2.67. The Labute approximate surface area is 194 Å². The van der Waals surface area contributed by atoms with Gasteiger partial charge in [0.25, 0.3) is 0 Å². The molecule has 2 atom stereocenters. The number of carbonyl (C=O) groups excluding carboxylic acids is 2. The molecule has 8 nitrogen and oxygen atoms in total. The van der Waals surface area contributed by atoms with Crippen molar-refractivity contribution in [1.82, 2.24) is 0 Å². The lowest BCUT2D eigenvalue weighted by atomic mass is 10.1. The molecule has 0 aromatic heterocycles. The second-order valence-electron chi connectivity index (χ2n) is 7.08. The molecular weight excluding hydrogens is 412 g/mol. The molecule has 1 rings (SSSR count). The Hall–Kier alpha value is -2.00. The Morgan fingerprint density at radius 2 is 0.938 bits per heavy atom. The number of benzene rings is 1. The van der Waals surface area contributed by atoms with E-state index in [0.717, 1.165) is 63.7 Å². The van der Waals surface area contributed by atoms with E-state index in [-0.39, 0.29) is 11.1 Å². The topological polar surface area (TPSA) is 108 Å². The van der Waals surface area contributed by atoms with Gasteiger partial charge in [-0.2, -0.15) is 0 Å². The van der Waals surface area contributed by atoms with Gasteiger partial charge in [0.2, 0.25) is 0 Å². The fraction of sp³-hybridized carbons (Fsp3) is 0.667. The number of hydrogen-bond acceptors (Lipinski definition) is 6. The van der Waals surface area contributed by atoms with Gasteiger partial charge in [0.15, 0.2) is 12.5 Å². The van der Waals surface area contributed by atoms with Crippen molar-refractivity contribution in [2.24, 2.45) is 0 Å². The van der Waals surface area contributed by atoms with Crippen molar-refractivity contribution in [1.29, 1.82) is 0 Å². The molecule has 0 aliphatic heterocycles. The number of quaternary nitrogens is 2. The first-order valence-corrected chi connectivity index (χ1v) is 11.6. The smallest absolute Gasteiger partial charge is 0.188 e. The summed E-state index contributed by atoms with van der Waals surface area (Å²) < 4.78 is 10.9. The summed E-state index contributed by atoms with van der Waals surface area (Å²) in [6.45, 7) is 23.3. The molecule has 0 aliphatic carbocycles. The first kappa shape index (κ1) is 32.2. The van der Waals surface area contributed by atoms with Crippen LogP contribution in [0.2, 0.25) is 0 Å². The zero-order valence-electron chi connectivity index (χ0n) is 21.2. The summed E-state index contributed by atoms with van der Waals surface area (Å²) in [5.41, 5.74) is -0.111. The molecule has 2 N–H and O–H groups in total. The van der Waals surface area contributed by atoms with Crippen LogP contribution in [0.5, 0.6) is 0 Å². The molecule has 0 aliphatic rings. The van der Waals surface area contributed by atoms with E-state index in [2.05, 4.69) is 41.5 Å². The van der Waals surface area contributed by atoms with Crippen molar-refractivity contribution >= 4 is 11.9 Å². The lowest BCUT2D eigenvalue weighted by molar-refractivity contribution is -0.943. The van der Waals surface area contributed by atoms with Gasteiger partial charge in [-0.25, -0.2) is 0 Å². The minimum Gasteiger partial charge on any atom is -0.545 e. The van der Waals surface area contributed by atoms with Crippen LogP contribution >= 0.6 is 0 Å². The first-order chi connectivity index (χ1) is 15.1. The molecule has 0 amide bonds. The molecule has 0 saturated carbocycles. The first-order valence-electron chi connectivity index (χ1n) is 11.6. The normalized spacial score (nSPS) is 12.3. The Morgan fingerprint density at radius 1 is 0.688 bits per heavy atom. The van der Waals surface area contributed by atoms with Gasteiger partial charge in [-0.15, -0.1) is 0 Å². The molecule has 0 radical (unpaired) electrons. The third-order valence-corrected chi connectivity index (χ3v) is 5.16. The molecule has 0 heterocycles. The maximum atomic E-state index is 10.2. The van der Waals surface area contributed by atoms with Crippen LogP contribution in [0.1, 0.15) is 76.1 Å². The summed E-state index contributed by atoms with van der Waals surface area (Å²) in [7, 11) is 0. The summed E-state index contributed by atoms with van der Waals surface area (Å²) >= 11 is 0. The van der Waals surface area contributed by atoms with E-state index in [4.69, 9.17) is 9.47 Å². The Morgan fingerprint density at radius 3 is 1.09 bits per heavy atom. The highest BCUT2D eigenvalue weighted by molar-refractivity contribution is 5.89. The van der Waals surface area contributed by atoms with Gasteiger partial charge in [-0.1, -0.05) is 24.3 Å². The van der Waals surface area contributed by atoms with E-state index in [1.54, 1.807) is 0 Å². The highest BCUT2D eigenvalue weighted by Gasteiger charge is 2.12. The van der Waals surface area contributed by atoms with E-state index < -0.39 is 11.9 Å². The summed E-state index contributed by atoms with van der Waals surface area (Å²) in [4.78, 5) is 23.4. The highest BCUT2D eigenvalue weighted by atomic mass is 16.5. The fourth-order valence-corrected chi connectivity index (χ4v) is 3.13. The fourth-order valence-electron chi connectivity index (χ4n) is 3.13. The van der Waals surface area contributed by atoms with E-state index in [9.17, 15) is 19.8 Å². The van der Waals surface area contributed by atoms with Crippen LogP contribution in [0.15, 0.2) is 24.3 Å². The van der Waals surface area contributed by atoms with E-state index in [1.807, 2.05) is 13.8 Å². The van der Waals surface area contributed by atoms with Crippen LogP contribution in [0.3, 0.4) is 0 Å². The predicted molar refractivity (Wildman–Crippen MR) is 121 cm³/mol. The van der Waals surface area contributed by atoms with E-state index in [1.165, 1.54) is 9.80 Å². The molecule has 32 heavy (non-hydrogen) atoms. The standard InChI is InChI=1S/2C8H19NO.C8H6O4/c2*1-5-9(6-2)8(4)10-7-3;9-7(10)5-1-2-6(4-3-5)8(11)12/h2*8H,5-7H2,1-4H3;1-4H,(H,9,10)(H,11,12). The van der Waals surface area contributed by atoms with Gasteiger partial charge in [0.1, 0.15) is 0 Å². The van der Waals surface area contributed by atoms with Gasteiger partial charge in [0.05, 0.1) is 51.3 Å². The predicted octanol–water partition coefficient (Wildman–Crippen LogP) is -0.999. The number of hydrogen-bond donors (Lipinski definition) is 2. The minimum absolute atomic E-state index is 0.0556. The third kappa shape index (κ3) is 14.1. The number of rotatable bonds is 12. The molecule has 1 aromatic rings. The second-order valence-corrected chi connectivity index (χ2v) is 7.08.